The van der Waals surface area contributed by atoms with Crippen LogP contribution < -0.4 is 5.73 Å². The minimum absolute atomic E-state index is 0.558. The zero-order valence-corrected chi connectivity index (χ0v) is 11.3. The smallest absolute Gasteiger partial charge is 0.169 e. The van der Waals surface area contributed by atoms with Gasteiger partial charge in [0.05, 0.1) is 12.2 Å². The highest BCUT2D eigenvalue weighted by atomic mass is 15.4. The van der Waals surface area contributed by atoms with Crippen molar-refractivity contribution in [3.63, 3.8) is 0 Å². The van der Waals surface area contributed by atoms with E-state index in [0.29, 0.717) is 5.82 Å². The molecule has 2 N–H and O–H groups in total. The molecule has 0 aliphatic rings. The number of rotatable bonds is 4. The van der Waals surface area contributed by atoms with Gasteiger partial charge in [0.25, 0.3) is 0 Å². The molecule has 0 amide bonds. The molecule has 0 fully saturated rings. The summed E-state index contributed by atoms with van der Waals surface area (Å²) in [5.41, 5.74) is 10.8. The van der Waals surface area contributed by atoms with Gasteiger partial charge in [-0.25, -0.2) is 4.68 Å². The SMILES string of the molecule is CCCc1c(N)nnn1Cc1c(C)cccc1C. The molecule has 0 bridgehead atoms. The van der Waals surface area contributed by atoms with Gasteiger partial charge in [-0.15, -0.1) is 5.10 Å². The lowest BCUT2D eigenvalue weighted by Crippen LogP contribution is -2.09. The van der Waals surface area contributed by atoms with Crippen molar-refractivity contribution in [2.75, 3.05) is 5.73 Å². The highest BCUT2D eigenvalue weighted by Crippen LogP contribution is 2.17. The second kappa shape index (κ2) is 5.21. The molecule has 0 unspecified atom stereocenters. The highest BCUT2D eigenvalue weighted by Gasteiger charge is 2.11. The third-order valence-electron chi connectivity index (χ3n) is 3.31. The molecule has 1 aromatic heterocycles. The Labute approximate surface area is 108 Å². The summed E-state index contributed by atoms with van der Waals surface area (Å²) in [5, 5.41) is 8.13. The van der Waals surface area contributed by atoms with E-state index in [4.69, 9.17) is 5.73 Å². The number of aryl methyl sites for hydroxylation is 2. The first kappa shape index (κ1) is 12.6. The van der Waals surface area contributed by atoms with Gasteiger partial charge in [0.2, 0.25) is 0 Å². The molecule has 4 heteroatoms. The van der Waals surface area contributed by atoms with E-state index in [0.717, 1.165) is 25.1 Å². The third-order valence-corrected chi connectivity index (χ3v) is 3.31. The van der Waals surface area contributed by atoms with E-state index in [2.05, 4.69) is 49.3 Å². The van der Waals surface area contributed by atoms with Crippen molar-refractivity contribution >= 4 is 5.82 Å². The molecule has 0 atom stereocenters. The van der Waals surface area contributed by atoms with Crippen LogP contribution in [0, 0.1) is 13.8 Å². The first-order chi connectivity index (χ1) is 8.63. The molecule has 0 aliphatic carbocycles. The zero-order valence-electron chi connectivity index (χ0n) is 11.3. The number of nitrogen functional groups attached to an aromatic ring is 1. The summed E-state index contributed by atoms with van der Waals surface area (Å²) >= 11 is 0. The maximum Gasteiger partial charge on any atom is 0.169 e. The molecule has 96 valence electrons. The maximum absolute atomic E-state index is 5.86. The van der Waals surface area contributed by atoms with Crippen molar-refractivity contribution in [1.29, 1.82) is 0 Å². The Morgan fingerprint density at radius 3 is 2.50 bits per heavy atom. The van der Waals surface area contributed by atoms with E-state index in [1.807, 2.05) is 4.68 Å². The van der Waals surface area contributed by atoms with Gasteiger partial charge in [0.15, 0.2) is 5.82 Å². The fourth-order valence-electron chi connectivity index (χ4n) is 2.22. The number of nitrogens with two attached hydrogens (primary N) is 1. The van der Waals surface area contributed by atoms with Crippen LogP contribution in [0.1, 0.15) is 35.7 Å². The minimum Gasteiger partial charge on any atom is -0.381 e. The summed E-state index contributed by atoms with van der Waals surface area (Å²) in [7, 11) is 0. The van der Waals surface area contributed by atoms with Gasteiger partial charge in [-0.05, 0) is 37.0 Å². The van der Waals surface area contributed by atoms with Crippen LogP contribution in [0.3, 0.4) is 0 Å². The molecule has 0 spiro atoms. The largest absolute Gasteiger partial charge is 0.381 e. The molecule has 0 saturated heterocycles. The molecular formula is C14H20N4. The number of nitrogens with zero attached hydrogens (tertiary/aromatic N) is 3. The average molecular weight is 244 g/mol. The van der Waals surface area contributed by atoms with Crippen LogP contribution in [0.15, 0.2) is 18.2 Å². The molecule has 2 aromatic rings. The van der Waals surface area contributed by atoms with Crippen LogP contribution in [0.5, 0.6) is 0 Å². The van der Waals surface area contributed by atoms with E-state index in [9.17, 15) is 0 Å². The Morgan fingerprint density at radius 2 is 1.89 bits per heavy atom. The van der Waals surface area contributed by atoms with Gasteiger partial charge < -0.3 is 5.73 Å². The van der Waals surface area contributed by atoms with Gasteiger partial charge in [0.1, 0.15) is 0 Å². The van der Waals surface area contributed by atoms with E-state index in [1.165, 1.54) is 16.7 Å². The van der Waals surface area contributed by atoms with E-state index >= 15 is 0 Å². The molecule has 0 radical (unpaired) electrons. The predicted octanol–water partition coefficient (Wildman–Crippen LogP) is 2.48. The summed E-state index contributed by atoms with van der Waals surface area (Å²) in [4.78, 5) is 0. The molecule has 18 heavy (non-hydrogen) atoms. The van der Waals surface area contributed by atoms with Crippen molar-refractivity contribution < 1.29 is 0 Å². The van der Waals surface area contributed by atoms with Crippen LogP contribution in [0.2, 0.25) is 0 Å². The zero-order chi connectivity index (χ0) is 13.1. The van der Waals surface area contributed by atoms with E-state index in [1.54, 1.807) is 0 Å². The summed E-state index contributed by atoms with van der Waals surface area (Å²) in [6, 6.07) is 6.33. The number of benzene rings is 1. The first-order valence-corrected chi connectivity index (χ1v) is 6.36. The lowest BCUT2D eigenvalue weighted by molar-refractivity contribution is 0.610. The predicted molar refractivity (Wildman–Crippen MR) is 73.4 cm³/mol. The molecule has 1 heterocycles. The topological polar surface area (TPSA) is 56.7 Å². The number of hydrogen-bond donors (Lipinski definition) is 1. The summed E-state index contributed by atoms with van der Waals surface area (Å²) in [6.07, 6.45) is 1.97. The van der Waals surface area contributed by atoms with Crippen molar-refractivity contribution in [3.05, 3.63) is 40.6 Å². The van der Waals surface area contributed by atoms with Crippen LogP contribution in [-0.2, 0) is 13.0 Å². The van der Waals surface area contributed by atoms with E-state index < -0.39 is 0 Å². The molecule has 4 nitrogen and oxygen atoms in total. The fourth-order valence-corrected chi connectivity index (χ4v) is 2.22. The van der Waals surface area contributed by atoms with Crippen LogP contribution in [0.4, 0.5) is 5.82 Å². The summed E-state index contributed by atoms with van der Waals surface area (Å²) in [5.74, 6) is 0.558. The minimum atomic E-state index is 0.558. The number of hydrogen-bond acceptors (Lipinski definition) is 3. The van der Waals surface area contributed by atoms with Crippen molar-refractivity contribution in [1.82, 2.24) is 15.0 Å². The Bertz CT molecular complexity index is 522. The second-order valence-electron chi connectivity index (χ2n) is 4.70. The molecular weight excluding hydrogens is 224 g/mol. The van der Waals surface area contributed by atoms with Gasteiger partial charge in [-0.3, -0.25) is 0 Å². The van der Waals surface area contributed by atoms with Gasteiger partial charge in [-0.2, -0.15) is 0 Å². The standard InChI is InChI=1S/C14H20N4/c1-4-6-13-14(15)16-17-18(13)9-12-10(2)7-5-8-11(12)3/h5,7-8H,4,6,9,15H2,1-3H3. The molecule has 1 aromatic carbocycles. The van der Waals surface area contributed by atoms with E-state index in [-0.39, 0.29) is 0 Å². The Morgan fingerprint density at radius 1 is 1.22 bits per heavy atom. The lowest BCUT2D eigenvalue weighted by Gasteiger charge is -2.11. The highest BCUT2D eigenvalue weighted by molar-refractivity contribution is 5.36. The van der Waals surface area contributed by atoms with Crippen LogP contribution in [-0.4, -0.2) is 15.0 Å². The Kier molecular flexibility index (Phi) is 3.65. The summed E-state index contributed by atoms with van der Waals surface area (Å²) in [6.45, 7) is 7.14. The quantitative estimate of drug-likeness (QED) is 0.899. The molecule has 2 rings (SSSR count). The van der Waals surface area contributed by atoms with Crippen LogP contribution in [0.25, 0.3) is 0 Å². The second-order valence-corrected chi connectivity index (χ2v) is 4.70. The number of aromatic nitrogens is 3. The molecule has 0 aliphatic heterocycles. The van der Waals surface area contributed by atoms with Crippen molar-refractivity contribution in [2.24, 2.45) is 0 Å². The Hall–Kier alpha value is -1.84. The van der Waals surface area contributed by atoms with Gasteiger partial charge >= 0.3 is 0 Å². The van der Waals surface area contributed by atoms with Crippen molar-refractivity contribution in [2.45, 2.75) is 40.2 Å². The molecule has 0 saturated carbocycles. The first-order valence-electron chi connectivity index (χ1n) is 6.36. The summed E-state index contributed by atoms with van der Waals surface area (Å²) < 4.78 is 1.92. The van der Waals surface area contributed by atoms with Gasteiger partial charge in [0, 0.05) is 0 Å². The monoisotopic (exact) mass is 244 g/mol. The van der Waals surface area contributed by atoms with Crippen LogP contribution >= 0.6 is 0 Å². The third kappa shape index (κ3) is 2.37. The fraction of sp³-hybridized carbons (Fsp3) is 0.429. The Balaban J connectivity index is 2.34. The lowest BCUT2D eigenvalue weighted by atomic mass is 10.0. The van der Waals surface area contributed by atoms with Gasteiger partial charge in [-0.1, -0.05) is 36.8 Å². The van der Waals surface area contributed by atoms with Crippen molar-refractivity contribution in [3.8, 4) is 0 Å². The average Bonchev–Trinajstić information content (AvgIpc) is 2.67. The maximum atomic E-state index is 5.86. The number of anilines is 1. The normalized spacial score (nSPS) is 10.8.